The quantitative estimate of drug-likeness (QED) is 0.658. The van der Waals surface area contributed by atoms with Crippen LogP contribution in [0, 0.1) is 20.8 Å². The molecule has 0 amide bonds. The fourth-order valence-electron chi connectivity index (χ4n) is 2.68. The summed E-state index contributed by atoms with van der Waals surface area (Å²) in [6, 6.07) is 7.44. The van der Waals surface area contributed by atoms with Crippen LogP contribution in [0.4, 0.5) is 0 Å². The average Bonchev–Trinajstić information content (AvgIpc) is 2.94. The van der Waals surface area contributed by atoms with E-state index >= 15 is 0 Å². The molecule has 0 radical (unpaired) electrons. The van der Waals surface area contributed by atoms with Crippen LogP contribution in [-0.4, -0.2) is 43.1 Å². The Morgan fingerprint density at radius 3 is 2.50 bits per heavy atom. The molecule has 0 saturated carbocycles. The van der Waals surface area contributed by atoms with Crippen molar-refractivity contribution < 1.29 is 17.7 Å². The number of sulfonamides is 1. The van der Waals surface area contributed by atoms with Crippen molar-refractivity contribution in [3.8, 4) is 5.75 Å². The third-order valence-corrected chi connectivity index (χ3v) is 5.89. The van der Waals surface area contributed by atoms with Crippen LogP contribution in [0.15, 0.2) is 39.9 Å². The monoisotopic (exact) mass is 375 g/mol. The van der Waals surface area contributed by atoms with Crippen LogP contribution in [0.3, 0.4) is 0 Å². The Hall–Kier alpha value is -2.45. The van der Waals surface area contributed by atoms with Crippen molar-refractivity contribution in [3.05, 3.63) is 47.3 Å². The number of ether oxygens (including phenoxy) is 1. The molecule has 3 rings (SSSR count). The molecule has 0 atom stereocenters. The van der Waals surface area contributed by atoms with Gasteiger partial charge in [-0.25, -0.2) is 13.4 Å². The second-order valence-electron chi connectivity index (χ2n) is 6.29. The van der Waals surface area contributed by atoms with E-state index in [1.54, 1.807) is 6.92 Å². The van der Waals surface area contributed by atoms with Gasteiger partial charge in [-0.3, -0.25) is 0 Å². The Labute approximate surface area is 152 Å². The molecule has 2 aromatic heterocycles. The van der Waals surface area contributed by atoms with Crippen LogP contribution in [0.5, 0.6) is 5.75 Å². The summed E-state index contributed by atoms with van der Waals surface area (Å²) in [4.78, 5) is 4.13. The maximum Gasteiger partial charge on any atom is 0.257 e. The van der Waals surface area contributed by atoms with Crippen LogP contribution in [0.2, 0.25) is 0 Å². The Morgan fingerprint density at radius 2 is 1.81 bits per heavy atom. The lowest BCUT2D eigenvalue weighted by molar-refractivity contribution is 0.286. The van der Waals surface area contributed by atoms with Gasteiger partial charge in [0.1, 0.15) is 17.3 Å². The minimum atomic E-state index is -3.67. The van der Waals surface area contributed by atoms with E-state index in [9.17, 15) is 8.42 Å². The van der Waals surface area contributed by atoms with Crippen LogP contribution in [0.25, 0.3) is 11.1 Å². The number of aromatic nitrogens is 2. The first-order valence-electron chi connectivity index (χ1n) is 8.17. The summed E-state index contributed by atoms with van der Waals surface area (Å²) in [5, 5.41) is 4.38. The summed E-state index contributed by atoms with van der Waals surface area (Å²) < 4.78 is 37.4. The van der Waals surface area contributed by atoms with Crippen molar-refractivity contribution in [1.82, 2.24) is 14.4 Å². The minimum absolute atomic E-state index is 0.102. The van der Waals surface area contributed by atoms with Gasteiger partial charge in [-0.2, -0.15) is 4.31 Å². The number of rotatable bonds is 6. The molecule has 0 aliphatic carbocycles. The highest BCUT2D eigenvalue weighted by Crippen LogP contribution is 2.22. The number of likely N-dealkylation sites (N-methyl/N-ethyl adjacent to an activating group) is 1. The van der Waals surface area contributed by atoms with E-state index in [2.05, 4.69) is 16.2 Å². The summed E-state index contributed by atoms with van der Waals surface area (Å²) >= 11 is 0. The molecule has 0 saturated heterocycles. The first kappa shape index (κ1) is 18.3. The number of fused-ring (bicyclic) bond motifs is 1. The third kappa shape index (κ3) is 3.71. The average molecular weight is 375 g/mol. The smallest absolute Gasteiger partial charge is 0.257 e. The number of benzene rings is 1. The van der Waals surface area contributed by atoms with Crippen molar-refractivity contribution in [1.29, 1.82) is 0 Å². The van der Waals surface area contributed by atoms with E-state index in [0.29, 0.717) is 16.8 Å². The summed E-state index contributed by atoms with van der Waals surface area (Å²) in [7, 11) is -2.16. The van der Waals surface area contributed by atoms with Crippen molar-refractivity contribution in [3.63, 3.8) is 0 Å². The lowest BCUT2D eigenvalue weighted by Gasteiger charge is -2.17. The highest BCUT2D eigenvalue weighted by molar-refractivity contribution is 7.89. The van der Waals surface area contributed by atoms with Crippen molar-refractivity contribution >= 4 is 21.1 Å². The van der Waals surface area contributed by atoms with Gasteiger partial charge in [0.25, 0.3) is 5.71 Å². The highest BCUT2D eigenvalue weighted by atomic mass is 32.2. The fourth-order valence-corrected chi connectivity index (χ4v) is 3.80. The molecular weight excluding hydrogens is 354 g/mol. The fraction of sp³-hybridized carbons (Fsp3) is 0.333. The van der Waals surface area contributed by atoms with Gasteiger partial charge in [-0.15, -0.1) is 0 Å². The molecule has 7 nitrogen and oxygen atoms in total. The minimum Gasteiger partial charge on any atom is -0.492 e. The zero-order valence-corrected chi connectivity index (χ0v) is 16.0. The molecule has 0 N–H and O–H groups in total. The number of pyridine rings is 1. The van der Waals surface area contributed by atoms with Gasteiger partial charge in [0, 0.05) is 13.6 Å². The molecule has 26 heavy (non-hydrogen) atoms. The Balaban J connectivity index is 1.70. The van der Waals surface area contributed by atoms with Gasteiger partial charge >= 0.3 is 0 Å². The number of hydrogen-bond acceptors (Lipinski definition) is 6. The third-order valence-electron chi connectivity index (χ3n) is 4.06. The number of hydrogen-bond donors (Lipinski definition) is 0. The molecule has 0 fully saturated rings. The molecule has 2 heterocycles. The summed E-state index contributed by atoms with van der Waals surface area (Å²) in [5.41, 5.74) is 3.13. The summed E-state index contributed by atoms with van der Waals surface area (Å²) in [6.07, 6.45) is 1.28. The van der Waals surface area contributed by atoms with E-state index in [1.165, 1.54) is 23.6 Å². The standard InChI is InChI=1S/C18H21N3O4S/c1-12-7-13(2)9-15(8-12)24-6-5-21(4)26(22,23)16-10-17-14(3)20-25-18(17)19-11-16/h7-11H,5-6H2,1-4H3. The van der Waals surface area contributed by atoms with Gasteiger partial charge in [0.15, 0.2) is 0 Å². The van der Waals surface area contributed by atoms with Crippen LogP contribution >= 0.6 is 0 Å². The van der Waals surface area contributed by atoms with E-state index in [1.807, 2.05) is 26.0 Å². The van der Waals surface area contributed by atoms with Crippen molar-refractivity contribution in [2.24, 2.45) is 0 Å². The van der Waals surface area contributed by atoms with Crippen LogP contribution < -0.4 is 4.74 Å². The maximum atomic E-state index is 12.7. The Bertz CT molecular complexity index is 1020. The van der Waals surface area contributed by atoms with Gasteiger partial charge in [-0.1, -0.05) is 11.2 Å². The lowest BCUT2D eigenvalue weighted by atomic mass is 10.1. The van der Waals surface area contributed by atoms with E-state index in [0.717, 1.165) is 16.9 Å². The summed E-state index contributed by atoms with van der Waals surface area (Å²) in [5.74, 6) is 0.733. The normalized spacial score (nSPS) is 12.0. The molecule has 1 aromatic carbocycles. The SMILES string of the molecule is Cc1cc(C)cc(OCCN(C)S(=O)(=O)c2cnc3onc(C)c3c2)c1. The van der Waals surface area contributed by atoms with Gasteiger partial charge in [0.2, 0.25) is 10.0 Å². The first-order chi connectivity index (χ1) is 12.3. The summed E-state index contributed by atoms with van der Waals surface area (Å²) in [6.45, 7) is 6.19. The molecule has 0 aliphatic rings. The predicted molar refractivity (Wildman–Crippen MR) is 97.8 cm³/mol. The van der Waals surface area contributed by atoms with Gasteiger partial charge in [-0.05, 0) is 50.1 Å². The van der Waals surface area contributed by atoms with E-state index in [-0.39, 0.29) is 18.0 Å². The largest absolute Gasteiger partial charge is 0.492 e. The molecule has 3 aromatic rings. The Morgan fingerprint density at radius 1 is 1.12 bits per heavy atom. The number of nitrogens with zero attached hydrogens (tertiary/aromatic N) is 3. The first-order valence-corrected chi connectivity index (χ1v) is 9.61. The van der Waals surface area contributed by atoms with Gasteiger partial charge in [0.05, 0.1) is 17.3 Å². The molecule has 138 valence electrons. The van der Waals surface area contributed by atoms with Crippen molar-refractivity contribution in [2.75, 3.05) is 20.2 Å². The zero-order valence-electron chi connectivity index (χ0n) is 15.2. The second kappa shape index (κ2) is 7.05. The van der Waals surface area contributed by atoms with E-state index in [4.69, 9.17) is 9.26 Å². The van der Waals surface area contributed by atoms with Crippen molar-refractivity contribution in [2.45, 2.75) is 25.7 Å². The van der Waals surface area contributed by atoms with E-state index < -0.39 is 10.0 Å². The predicted octanol–water partition coefficient (Wildman–Crippen LogP) is 2.85. The Kier molecular flexibility index (Phi) is 4.97. The zero-order chi connectivity index (χ0) is 18.9. The lowest BCUT2D eigenvalue weighted by Crippen LogP contribution is -2.31. The highest BCUT2D eigenvalue weighted by Gasteiger charge is 2.22. The number of aryl methyl sites for hydroxylation is 3. The van der Waals surface area contributed by atoms with Crippen LogP contribution in [0.1, 0.15) is 16.8 Å². The second-order valence-corrected chi connectivity index (χ2v) is 8.34. The molecule has 8 heteroatoms. The van der Waals surface area contributed by atoms with Crippen LogP contribution in [-0.2, 0) is 10.0 Å². The molecule has 0 bridgehead atoms. The topological polar surface area (TPSA) is 85.5 Å². The van der Waals surface area contributed by atoms with Gasteiger partial charge < -0.3 is 9.26 Å². The maximum absolute atomic E-state index is 12.7. The molecular formula is C18H21N3O4S. The molecule has 0 aliphatic heterocycles. The molecule has 0 spiro atoms. The molecule has 0 unspecified atom stereocenters.